The van der Waals surface area contributed by atoms with Gasteiger partial charge in [-0.15, -0.1) is 11.3 Å². The van der Waals surface area contributed by atoms with Gasteiger partial charge in [-0.3, -0.25) is 4.79 Å². The van der Waals surface area contributed by atoms with Gasteiger partial charge in [-0.2, -0.15) is 0 Å². The number of carbonyl (C=O) groups is 1. The molecule has 7 heteroatoms. The van der Waals surface area contributed by atoms with Crippen molar-refractivity contribution in [1.29, 1.82) is 0 Å². The summed E-state index contributed by atoms with van der Waals surface area (Å²) in [7, 11) is 0. The van der Waals surface area contributed by atoms with E-state index in [9.17, 15) is 9.18 Å². The van der Waals surface area contributed by atoms with E-state index >= 15 is 0 Å². The molecule has 0 radical (unpaired) electrons. The number of aromatic nitrogens is 1. The summed E-state index contributed by atoms with van der Waals surface area (Å²) >= 11 is 1.75. The van der Waals surface area contributed by atoms with Gasteiger partial charge in [0.1, 0.15) is 5.82 Å². The van der Waals surface area contributed by atoms with Crippen LogP contribution in [-0.2, 0) is 28.9 Å². The Morgan fingerprint density at radius 2 is 2.23 bits per heavy atom. The van der Waals surface area contributed by atoms with Crippen molar-refractivity contribution in [3.63, 3.8) is 0 Å². The zero-order chi connectivity index (χ0) is 17.9. The summed E-state index contributed by atoms with van der Waals surface area (Å²) in [6.07, 6.45) is 2.42. The summed E-state index contributed by atoms with van der Waals surface area (Å²) in [5.74, 6) is -0.311. The van der Waals surface area contributed by atoms with Crippen LogP contribution in [0, 0.1) is 11.7 Å². The number of rotatable bonds is 4. The Morgan fingerprint density at radius 1 is 1.38 bits per heavy atom. The number of morpholine rings is 1. The molecule has 1 aromatic heterocycles. The van der Waals surface area contributed by atoms with E-state index in [2.05, 4.69) is 10.2 Å². The number of hydrogen-bond acceptors (Lipinski definition) is 5. The highest BCUT2D eigenvalue weighted by Gasteiger charge is 2.28. The standard InChI is InChI=1S/C19H22FN3O2S/c20-15-3-1-2-13(10-15)12-21-18(24)14-4-5-17-16(11-14)22-19(26-17)23-6-8-25-9-7-23/h1-3,10,14H,4-9,11-12H2,(H,21,24). The van der Waals surface area contributed by atoms with Crippen LogP contribution < -0.4 is 10.2 Å². The molecule has 1 fully saturated rings. The summed E-state index contributed by atoms with van der Waals surface area (Å²) in [4.78, 5) is 20.9. The number of aryl methyl sites for hydroxylation is 1. The van der Waals surface area contributed by atoms with Crippen LogP contribution in [0.3, 0.4) is 0 Å². The summed E-state index contributed by atoms with van der Waals surface area (Å²) in [5.41, 5.74) is 1.84. The number of amides is 1. The Bertz CT molecular complexity index is 789. The lowest BCUT2D eigenvalue weighted by molar-refractivity contribution is -0.125. The van der Waals surface area contributed by atoms with Crippen molar-refractivity contribution in [2.75, 3.05) is 31.2 Å². The molecule has 1 aromatic carbocycles. The second-order valence-corrected chi connectivity index (χ2v) is 7.82. The Hall–Kier alpha value is -1.99. The molecule has 1 N–H and O–H groups in total. The third-order valence-corrected chi connectivity index (χ3v) is 6.15. The van der Waals surface area contributed by atoms with Crippen LogP contribution in [0.25, 0.3) is 0 Å². The third kappa shape index (κ3) is 3.88. The van der Waals surface area contributed by atoms with Crippen molar-refractivity contribution in [1.82, 2.24) is 10.3 Å². The SMILES string of the molecule is O=C(NCc1cccc(F)c1)C1CCc2sc(N3CCOCC3)nc2C1. The largest absolute Gasteiger partial charge is 0.378 e. The average molecular weight is 375 g/mol. The molecule has 0 saturated carbocycles. The highest BCUT2D eigenvalue weighted by atomic mass is 32.1. The fraction of sp³-hybridized carbons (Fsp3) is 0.474. The molecule has 1 amide bonds. The highest BCUT2D eigenvalue weighted by molar-refractivity contribution is 7.15. The average Bonchev–Trinajstić information content (AvgIpc) is 3.10. The van der Waals surface area contributed by atoms with E-state index in [0.29, 0.717) is 13.0 Å². The smallest absolute Gasteiger partial charge is 0.223 e. The zero-order valence-corrected chi connectivity index (χ0v) is 15.4. The summed E-state index contributed by atoms with van der Waals surface area (Å²) < 4.78 is 18.6. The zero-order valence-electron chi connectivity index (χ0n) is 14.5. The third-order valence-electron chi connectivity index (χ3n) is 4.93. The first-order valence-electron chi connectivity index (χ1n) is 9.02. The van der Waals surface area contributed by atoms with Gasteiger partial charge >= 0.3 is 0 Å². The van der Waals surface area contributed by atoms with Crippen molar-refractivity contribution in [2.24, 2.45) is 5.92 Å². The molecule has 0 spiro atoms. The Labute approximate surface area is 156 Å². The number of carbonyl (C=O) groups excluding carboxylic acids is 1. The minimum atomic E-state index is -0.280. The molecule has 2 heterocycles. The Balaban J connectivity index is 1.36. The minimum Gasteiger partial charge on any atom is -0.378 e. The molecule has 26 heavy (non-hydrogen) atoms. The summed E-state index contributed by atoms with van der Waals surface area (Å²) in [5, 5.41) is 3.99. The topological polar surface area (TPSA) is 54.5 Å². The first kappa shape index (κ1) is 17.4. The van der Waals surface area contributed by atoms with Gasteiger partial charge in [0.25, 0.3) is 0 Å². The molecule has 4 rings (SSSR count). The van der Waals surface area contributed by atoms with E-state index in [-0.39, 0.29) is 17.6 Å². The summed E-state index contributed by atoms with van der Waals surface area (Å²) in [6.45, 7) is 3.61. The van der Waals surface area contributed by atoms with Gasteiger partial charge in [-0.05, 0) is 30.5 Å². The molecule has 1 aliphatic carbocycles. The van der Waals surface area contributed by atoms with Crippen molar-refractivity contribution in [3.8, 4) is 0 Å². The number of anilines is 1. The lowest BCUT2D eigenvalue weighted by atomic mass is 9.90. The molecule has 1 aliphatic heterocycles. The fourth-order valence-electron chi connectivity index (χ4n) is 3.46. The van der Waals surface area contributed by atoms with Gasteiger partial charge in [0.2, 0.25) is 5.91 Å². The predicted octanol–water partition coefficient (Wildman–Crippen LogP) is 2.54. The van der Waals surface area contributed by atoms with Gasteiger partial charge < -0.3 is 15.0 Å². The van der Waals surface area contributed by atoms with E-state index in [4.69, 9.17) is 9.72 Å². The van der Waals surface area contributed by atoms with E-state index in [1.807, 2.05) is 6.07 Å². The quantitative estimate of drug-likeness (QED) is 0.892. The number of nitrogens with zero attached hydrogens (tertiary/aromatic N) is 2. The molecule has 5 nitrogen and oxygen atoms in total. The number of benzene rings is 1. The highest BCUT2D eigenvalue weighted by Crippen LogP contribution is 2.34. The fourth-order valence-corrected chi connectivity index (χ4v) is 4.61. The number of halogens is 1. The number of fused-ring (bicyclic) bond motifs is 1. The molecular weight excluding hydrogens is 353 g/mol. The van der Waals surface area contributed by atoms with Crippen LogP contribution in [-0.4, -0.2) is 37.2 Å². The van der Waals surface area contributed by atoms with Crippen molar-refractivity contribution in [2.45, 2.75) is 25.8 Å². The minimum absolute atomic E-state index is 0.0285. The van der Waals surface area contributed by atoms with E-state index in [1.165, 1.54) is 17.0 Å². The maximum Gasteiger partial charge on any atom is 0.223 e. The maximum absolute atomic E-state index is 13.2. The van der Waals surface area contributed by atoms with Crippen molar-refractivity contribution >= 4 is 22.4 Å². The molecular formula is C19H22FN3O2S. The number of nitrogens with one attached hydrogen (secondary N) is 1. The van der Waals surface area contributed by atoms with Gasteiger partial charge in [-0.1, -0.05) is 12.1 Å². The van der Waals surface area contributed by atoms with Crippen LogP contribution >= 0.6 is 11.3 Å². The Kier molecular flexibility index (Phi) is 5.17. The molecule has 1 saturated heterocycles. The van der Waals surface area contributed by atoms with Crippen molar-refractivity contribution in [3.05, 3.63) is 46.2 Å². The molecule has 2 aromatic rings. The lowest BCUT2D eigenvalue weighted by Crippen LogP contribution is -2.36. The lowest BCUT2D eigenvalue weighted by Gasteiger charge is -2.26. The number of thiazole rings is 1. The van der Waals surface area contributed by atoms with Gasteiger partial charge in [0.15, 0.2) is 5.13 Å². The molecule has 1 atom stereocenters. The van der Waals surface area contributed by atoms with Crippen LogP contribution in [0.1, 0.15) is 22.6 Å². The van der Waals surface area contributed by atoms with Gasteiger partial charge in [0.05, 0.1) is 18.9 Å². The van der Waals surface area contributed by atoms with Crippen LogP contribution in [0.2, 0.25) is 0 Å². The molecule has 1 unspecified atom stereocenters. The number of ether oxygens (including phenoxy) is 1. The van der Waals surface area contributed by atoms with Crippen LogP contribution in [0.4, 0.5) is 9.52 Å². The second-order valence-electron chi connectivity index (χ2n) is 6.75. The monoisotopic (exact) mass is 375 g/mol. The Morgan fingerprint density at radius 3 is 3.04 bits per heavy atom. The van der Waals surface area contributed by atoms with Crippen LogP contribution in [0.5, 0.6) is 0 Å². The van der Waals surface area contributed by atoms with Gasteiger partial charge in [-0.25, -0.2) is 9.37 Å². The first-order valence-corrected chi connectivity index (χ1v) is 9.84. The second kappa shape index (κ2) is 7.72. The van der Waals surface area contributed by atoms with E-state index in [0.717, 1.165) is 55.5 Å². The molecule has 138 valence electrons. The first-order chi connectivity index (χ1) is 12.7. The van der Waals surface area contributed by atoms with E-state index < -0.39 is 0 Å². The number of hydrogen-bond donors (Lipinski definition) is 1. The predicted molar refractivity (Wildman–Crippen MR) is 98.9 cm³/mol. The molecule has 0 bridgehead atoms. The normalized spacial score (nSPS) is 19.9. The van der Waals surface area contributed by atoms with Crippen LogP contribution in [0.15, 0.2) is 24.3 Å². The molecule has 2 aliphatic rings. The van der Waals surface area contributed by atoms with Gasteiger partial charge in [0, 0.05) is 36.9 Å². The van der Waals surface area contributed by atoms with Crippen molar-refractivity contribution < 1.29 is 13.9 Å². The maximum atomic E-state index is 13.2. The summed E-state index contributed by atoms with van der Waals surface area (Å²) in [6, 6.07) is 6.33. The van der Waals surface area contributed by atoms with E-state index in [1.54, 1.807) is 17.4 Å².